The third kappa shape index (κ3) is 3.84. The van der Waals surface area contributed by atoms with Gasteiger partial charge in [0.05, 0.1) is 6.04 Å². The Labute approximate surface area is 191 Å². The number of carbonyl (C=O) groups is 1. The van der Waals surface area contributed by atoms with Gasteiger partial charge in [0.2, 0.25) is 0 Å². The lowest BCUT2D eigenvalue weighted by molar-refractivity contribution is 0.179. The van der Waals surface area contributed by atoms with Gasteiger partial charge >= 0.3 is 6.03 Å². The first-order chi connectivity index (χ1) is 15.5. The number of aromatic nitrogens is 1. The van der Waals surface area contributed by atoms with Gasteiger partial charge in [-0.3, -0.25) is 0 Å². The van der Waals surface area contributed by atoms with Crippen molar-refractivity contribution in [2.24, 2.45) is 0 Å². The van der Waals surface area contributed by atoms with Gasteiger partial charge in [-0.25, -0.2) is 9.18 Å². The maximum absolute atomic E-state index is 13.6. The van der Waals surface area contributed by atoms with Gasteiger partial charge in [-0.1, -0.05) is 53.6 Å². The number of rotatable bonds is 3. The van der Waals surface area contributed by atoms with E-state index in [1.807, 2.05) is 54.3 Å². The number of aromatic amines is 1. The van der Waals surface area contributed by atoms with Crippen molar-refractivity contribution in [2.75, 3.05) is 6.54 Å². The maximum atomic E-state index is 13.6. The molecule has 0 unspecified atom stereocenters. The molecule has 1 aliphatic rings. The number of fused-ring (bicyclic) bond motifs is 3. The van der Waals surface area contributed by atoms with Crippen LogP contribution in [0.25, 0.3) is 10.9 Å². The molecular formula is C26H23ClFN3O. The molecular weight excluding hydrogens is 425 g/mol. The average molecular weight is 448 g/mol. The number of benzene rings is 3. The molecule has 4 aromatic rings. The second kappa shape index (κ2) is 8.32. The number of nitrogens with zero attached hydrogens (tertiary/aromatic N) is 1. The Kier molecular flexibility index (Phi) is 5.35. The smallest absolute Gasteiger partial charge is 0.318 e. The Balaban J connectivity index is 1.50. The molecule has 32 heavy (non-hydrogen) atoms. The Morgan fingerprint density at radius 3 is 2.62 bits per heavy atom. The summed E-state index contributed by atoms with van der Waals surface area (Å²) in [5.41, 5.74) is 6.16. The number of urea groups is 1. The molecule has 1 aromatic heterocycles. The second-order valence-corrected chi connectivity index (χ2v) is 8.69. The zero-order valence-electron chi connectivity index (χ0n) is 17.7. The number of H-pyrrole nitrogens is 1. The Morgan fingerprint density at radius 2 is 1.88 bits per heavy atom. The Bertz CT molecular complexity index is 1280. The van der Waals surface area contributed by atoms with Crippen LogP contribution in [-0.4, -0.2) is 22.5 Å². The van der Waals surface area contributed by atoms with E-state index in [1.165, 1.54) is 17.7 Å². The number of amides is 2. The fraction of sp³-hybridized carbons (Fsp3) is 0.192. The summed E-state index contributed by atoms with van der Waals surface area (Å²) in [6, 6.07) is 19.7. The van der Waals surface area contributed by atoms with E-state index in [-0.39, 0.29) is 17.9 Å². The van der Waals surface area contributed by atoms with E-state index in [0.717, 1.165) is 33.3 Å². The SMILES string of the molecule is Cc1ccc(CNC(=O)N2CCc3c([nH]c4ccc(Cl)cc34)[C@@H]2c2ccc(F)cc2)cc1. The molecule has 0 spiro atoms. The summed E-state index contributed by atoms with van der Waals surface area (Å²) < 4.78 is 13.6. The highest BCUT2D eigenvalue weighted by Gasteiger charge is 2.34. The topological polar surface area (TPSA) is 48.1 Å². The molecule has 0 fully saturated rings. The summed E-state index contributed by atoms with van der Waals surface area (Å²) in [6.07, 6.45) is 0.714. The van der Waals surface area contributed by atoms with Crippen LogP contribution in [0, 0.1) is 12.7 Å². The first-order valence-electron chi connectivity index (χ1n) is 10.6. The Morgan fingerprint density at radius 1 is 1.12 bits per heavy atom. The number of nitrogens with one attached hydrogen (secondary N) is 2. The molecule has 0 saturated carbocycles. The molecule has 4 nitrogen and oxygen atoms in total. The largest absolute Gasteiger partial charge is 0.356 e. The van der Waals surface area contributed by atoms with Crippen molar-refractivity contribution in [3.8, 4) is 0 Å². The highest BCUT2D eigenvalue weighted by molar-refractivity contribution is 6.31. The highest BCUT2D eigenvalue weighted by Crippen LogP contribution is 2.39. The number of hydrogen-bond acceptors (Lipinski definition) is 1. The van der Waals surface area contributed by atoms with Crippen LogP contribution in [0.2, 0.25) is 5.02 Å². The monoisotopic (exact) mass is 447 g/mol. The van der Waals surface area contributed by atoms with Gasteiger partial charge in [0, 0.05) is 34.7 Å². The van der Waals surface area contributed by atoms with Crippen molar-refractivity contribution >= 4 is 28.5 Å². The zero-order chi connectivity index (χ0) is 22.2. The van der Waals surface area contributed by atoms with Crippen molar-refractivity contribution in [1.29, 1.82) is 0 Å². The van der Waals surface area contributed by atoms with Crippen molar-refractivity contribution in [1.82, 2.24) is 15.2 Å². The van der Waals surface area contributed by atoms with Gasteiger partial charge in [-0.05, 0) is 60.4 Å². The van der Waals surface area contributed by atoms with Gasteiger partial charge in [-0.15, -0.1) is 0 Å². The number of carbonyl (C=O) groups excluding carboxylic acids is 1. The quantitative estimate of drug-likeness (QED) is 0.390. The lowest BCUT2D eigenvalue weighted by Crippen LogP contribution is -2.45. The van der Waals surface area contributed by atoms with Crippen molar-refractivity contribution < 1.29 is 9.18 Å². The molecule has 2 heterocycles. The van der Waals surface area contributed by atoms with Crippen LogP contribution < -0.4 is 5.32 Å². The number of aryl methyl sites for hydroxylation is 1. The maximum Gasteiger partial charge on any atom is 0.318 e. The predicted octanol–water partition coefficient (Wildman–Crippen LogP) is 6.13. The molecule has 162 valence electrons. The predicted molar refractivity (Wildman–Crippen MR) is 125 cm³/mol. The minimum absolute atomic E-state index is 0.151. The van der Waals surface area contributed by atoms with E-state index in [2.05, 4.69) is 10.3 Å². The van der Waals surface area contributed by atoms with Gasteiger partial charge in [0.25, 0.3) is 0 Å². The highest BCUT2D eigenvalue weighted by atomic mass is 35.5. The van der Waals surface area contributed by atoms with Crippen LogP contribution in [0.1, 0.15) is 34.0 Å². The molecule has 1 aliphatic heterocycles. The average Bonchev–Trinajstić information content (AvgIpc) is 3.16. The second-order valence-electron chi connectivity index (χ2n) is 8.25. The van der Waals surface area contributed by atoms with Crippen molar-refractivity contribution in [3.05, 3.63) is 106 Å². The lowest BCUT2D eigenvalue weighted by atomic mass is 9.92. The third-order valence-corrected chi connectivity index (χ3v) is 6.34. The Hall–Kier alpha value is -3.31. The van der Waals surface area contributed by atoms with Gasteiger partial charge in [-0.2, -0.15) is 0 Å². The summed E-state index contributed by atoms with van der Waals surface area (Å²) in [6.45, 7) is 3.03. The van der Waals surface area contributed by atoms with Crippen LogP contribution in [0.15, 0.2) is 66.7 Å². The molecule has 1 atom stereocenters. The zero-order valence-corrected chi connectivity index (χ0v) is 18.4. The molecule has 3 aromatic carbocycles. The van der Waals surface area contributed by atoms with Crippen LogP contribution in [0.4, 0.5) is 9.18 Å². The van der Waals surface area contributed by atoms with Crippen molar-refractivity contribution in [3.63, 3.8) is 0 Å². The van der Waals surface area contributed by atoms with E-state index in [9.17, 15) is 9.18 Å². The molecule has 0 bridgehead atoms. The molecule has 2 N–H and O–H groups in total. The van der Waals surface area contributed by atoms with Crippen LogP contribution in [0.3, 0.4) is 0 Å². The fourth-order valence-electron chi connectivity index (χ4n) is 4.46. The molecule has 2 amide bonds. The standard InChI is InChI=1S/C26H23ClFN3O/c1-16-2-4-17(5-3-16)15-29-26(32)31-13-12-21-22-14-19(27)8-11-23(22)30-24(21)25(31)18-6-9-20(28)10-7-18/h2-11,14,25,30H,12-13,15H2,1H3,(H,29,32)/t25-/m0/s1. The normalized spacial score (nSPS) is 15.6. The summed E-state index contributed by atoms with van der Waals surface area (Å²) in [4.78, 5) is 18.6. The first-order valence-corrected chi connectivity index (χ1v) is 11.0. The third-order valence-electron chi connectivity index (χ3n) is 6.10. The van der Waals surface area contributed by atoms with E-state index in [1.54, 1.807) is 12.1 Å². The molecule has 0 aliphatic carbocycles. The minimum Gasteiger partial charge on any atom is -0.356 e. The van der Waals surface area contributed by atoms with Gasteiger partial charge < -0.3 is 15.2 Å². The van der Waals surface area contributed by atoms with E-state index in [0.29, 0.717) is 24.5 Å². The van der Waals surface area contributed by atoms with E-state index >= 15 is 0 Å². The van der Waals surface area contributed by atoms with E-state index in [4.69, 9.17) is 11.6 Å². The van der Waals surface area contributed by atoms with Crippen molar-refractivity contribution in [2.45, 2.75) is 25.9 Å². The fourth-order valence-corrected chi connectivity index (χ4v) is 4.63. The van der Waals surface area contributed by atoms with Gasteiger partial charge in [0.1, 0.15) is 5.82 Å². The summed E-state index contributed by atoms with van der Waals surface area (Å²) in [5.74, 6) is -0.302. The molecule has 0 radical (unpaired) electrons. The summed E-state index contributed by atoms with van der Waals surface area (Å²) in [7, 11) is 0. The summed E-state index contributed by atoms with van der Waals surface area (Å²) in [5, 5.41) is 4.80. The molecule has 0 saturated heterocycles. The number of halogens is 2. The lowest BCUT2D eigenvalue weighted by Gasteiger charge is -2.36. The molecule has 5 rings (SSSR count). The molecule has 6 heteroatoms. The summed E-state index contributed by atoms with van der Waals surface area (Å²) >= 11 is 6.25. The van der Waals surface area contributed by atoms with E-state index < -0.39 is 0 Å². The first kappa shape index (κ1) is 20.6. The van der Waals surface area contributed by atoms with Crippen LogP contribution >= 0.6 is 11.6 Å². The number of hydrogen-bond donors (Lipinski definition) is 2. The van der Waals surface area contributed by atoms with Crippen LogP contribution in [-0.2, 0) is 13.0 Å². The van der Waals surface area contributed by atoms with Crippen LogP contribution in [0.5, 0.6) is 0 Å². The minimum atomic E-state index is -0.344. The van der Waals surface area contributed by atoms with Gasteiger partial charge in [0.15, 0.2) is 0 Å².